The Kier molecular flexibility index (Phi) is 3.18. The van der Waals surface area contributed by atoms with Gasteiger partial charge in [-0.3, -0.25) is 0 Å². The number of rotatable bonds is 2. The van der Waals surface area contributed by atoms with Crippen LogP contribution in [0.4, 0.5) is 17.2 Å². The number of anilines is 3. The van der Waals surface area contributed by atoms with Crippen molar-refractivity contribution < 1.29 is 0 Å². The minimum atomic E-state index is 0.807. The molecule has 1 fully saturated rings. The van der Waals surface area contributed by atoms with E-state index in [1.165, 1.54) is 5.69 Å². The summed E-state index contributed by atoms with van der Waals surface area (Å²) in [5.41, 5.74) is 7.75. The maximum atomic E-state index is 5.71. The summed E-state index contributed by atoms with van der Waals surface area (Å²) < 4.78 is 0. The molecular weight excluding hydrogens is 238 g/mol. The lowest BCUT2D eigenvalue weighted by molar-refractivity contribution is 0.643. The van der Waals surface area contributed by atoms with E-state index in [1.807, 2.05) is 24.3 Å². The maximum Gasteiger partial charge on any atom is 0.151 e. The zero-order valence-electron chi connectivity index (χ0n) is 10.7. The minimum Gasteiger partial charge on any atom is -0.399 e. The quantitative estimate of drug-likeness (QED) is 0.822. The first-order valence-electron chi connectivity index (χ1n) is 6.46. The largest absolute Gasteiger partial charge is 0.399 e. The third-order valence-electron chi connectivity index (χ3n) is 3.42. The number of nitrogens with zero attached hydrogens (tertiary/aromatic N) is 4. The van der Waals surface area contributed by atoms with E-state index in [2.05, 4.69) is 32.1 Å². The summed E-state index contributed by atoms with van der Waals surface area (Å²) >= 11 is 0. The molecule has 0 aliphatic carbocycles. The molecule has 98 valence electrons. The predicted octanol–water partition coefficient (Wildman–Crippen LogP) is 1.39. The van der Waals surface area contributed by atoms with Gasteiger partial charge in [0, 0.05) is 43.8 Å². The summed E-state index contributed by atoms with van der Waals surface area (Å²) in [6.45, 7) is 3.90. The summed E-state index contributed by atoms with van der Waals surface area (Å²) in [5, 5.41) is 8.08. The molecule has 1 aromatic carbocycles. The lowest BCUT2D eigenvalue weighted by Gasteiger charge is -2.36. The van der Waals surface area contributed by atoms with Gasteiger partial charge in [-0.05, 0) is 36.4 Å². The summed E-state index contributed by atoms with van der Waals surface area (Å²) in [4.78, 5) is 4.63. The van der Waals surface area contributed by atoms with Gasteiger partial charge in [-0.25, -0.2) is 0 Å². The summed E-state index contributed by atoms with van der Waals surface area (Å²) in [6.07, 6.45) is 1.70. The fourth-order valence-electron chi connectivity index (χ4n) is 2.34. The Labute approximate surface area is 112 Å². The first-order valence-corrected chi connectivity index (χ1v) is 6.46. The summed E-state index contributed by atoms with van der Waals surface area (Å²) in [7, 11) is 0. The van der Waals surface area contributed by atoms with E-state index in [0.717, 1.165) is 37.7 Å². The van der Waals surface area contributed by atoms with Gasteiger partial charge in [-0.2, -0.15) is 5.10 Å². The van der Waals surface area contributed by atoms with Crippen LogP contribution in [0.1, 0.15) is 0 Å². The molecule has 0 unspecified atom stereocenters. The summed E-state index contributed by atoms with van der Waals surface area (Å²) in [6, 6.07) is 12.0. The molecule has 0 bridgehead atoms. The van der Waals surface area contributed by atoms with Crippen LogP contribution in [-0.2, 0) is 0 Å². The fourth-order valence-corrected chi connectivity index (χ4v) is 2.34. The number of aromatic nitrogens is 2. The Hall–Kier alpha value is -2.30. The molecule has 1 saturated heterocycles. The Morgan fingerprint density at radius 1 is 0.895 bits per heavy atom. The van der Waals surface area contributed by atoms with Crippen LogP contribution in [0.15, 0.2) is 42.6 Å². The SMILES string of the molecule is Nc1ccc(N2CCN(c3cccnn3)CC2)cc1. The zero-order chi connectivity index (χ0) is 13.1. The van der Waals surface area contributed by atoms with Crippen molar-refractivity contribution in [3.05, 3.63) is 42.6 Å². The second-order valence-corrected chi connectivity index (χ2v) is 4.65. The highest BCUT2D eigenvalue weighted by Gasteiger charge is 2.18. The van der Waals surface area contributed by atoms with Crippen molar-refractivity contribution in [2.24, 2.45) is 0 Å². The Morgan fingerprint density at radius 3 is 2.21 bits per heavy atom. The molecule has 1 aromatic heterocycles. The molecule has 5 heteroatoms. The van der Waals surface area contributed by atoms with Crippen LogP contribution in [0.2, 0.25) is 0 Å². The third kappa shape index (κ3) is 2.59. The van der Waals surface area contributed by atoms with Crippen molar-refractivity contribution in [3.63, 3.8) is 0 Å². The number of nitrogen functional groups attached to an aromatic ring is 1. The highest BCUT2D eigenvalue weighted by Crippen LogP contribution is 2.19. The van der Waals surface area contributed by atoms with Crippen molar-refractivity contribution in [2.75, 3.05) is 41.7 Å². The van der Waals surface area contributed by atoms with Gasteiger partial charge >= 0.3 is 0 Å². The number of hydrogen-bond donors (Lipinski definition) is 1. The van der Waals surface area contributed by atoms with Gasteiger partial charge in [0.15, 0.2) is 5.82 Å². The van der Waals surface area contributed by atoms with Gasteiger partial charge in [-0.1, -0.05) is 0 Å². The lowest BCUT2D eigenvalue weighted by atomic mass is 10.2. The normalized spacial score (nSPS) is 15.6. The van der Waals surface area contributed by atoms with Crippen molar-refractivity contribution in [3.8, 4) is 0 Å². The molecule has 19 heavy (non-hydrogen) atoms. The van der Waals surface area contributed by atoms with Crippen molar-refractivity contribution >= 4 is 17.2 Å². The van der Waals surface area contributed by atoms with Crippen LogP contribution in [0.5, 0.6) is 0 Å². The molecule has 1 aliphatic heterocycles. The van der Waals surface area contributed by atoms with E-state index in [-0.39, 0.29) is 0 Å². The van der Waals surface area contributed by atoms with Gasteiger partial charge < -0.3 is 15.5 Å². The van der Waals surface area contributed by atoms with E-state index < -0.39 is 0 Å². The fraction of sp³-hybridized carbons (Fsp3) is 0.286. The van der Waals surface area contributed by atoms with E-state index in [0.29, 0.717) is 0 Å². The second kappa shape index (κ2) is 5.14. The molecule has 0 radical (unpaired) electrons. The zero-order valence-corrected chi connectivity index (χ0v) is 10.7. The van der Waals surface area contributed by atoms with E-state index in [9.17, 15) is 0 Å². The van der Waals surface area contributed by atoms with Gasteiger partial charge in [0.1, 0.15) is 0 Å². The highest BCUT2D eigenvalue weighted by atomic mass is 15.3. The smallest absolute Gasteiger partial charge is 0.151 e. The van der Waals surface area contributed by atoms with Crippen molar-refractivity contribution in [1.29, 1.82) is 0 Å². The Morgan fingerprint density at radius 2 is 1.58 bits per heavy atom. The molecule has 0 spiro atoms. The molecule has 1 aliphatic rings. The second-order valence-electron chi connectivity index (χ2n) is 4.65. The topological polar surface area (TPSA) is 58.3 Å². The Balaban J connectivity index is 1.65. The monoisotopic (exact) mass is 255 g/mol. The van der Waals surface area contributed by atoms with Crippen LogP contribution in [0.3, 0.4) is 0 Å². The first-order chi connectivity index (χ1) is 9.33. The molecule has 2 N–H and O–H groups in total. The minimum absolute atomic E-state index is 0.807. The van der Waals surface area contributed by atoms with Crippen molar-refractivity contribution in [2.45, 2.75) is 0 Å². The van der Waals surface area contributed by atoms with Crippen molar-refractivity contribution in [1.82, 2.24) is 10.2 Å². The summed E-state index contributed by atoms with van der Waals surface area (Å²) in [5.74, 6) is 0.958. The van der Waals surface area contributed by atoms with Crippen LogP contribution >= 0.6 is 0 Å². The average molecular weight is 255 g/mol. The molecule has 2 aromatic rings. The van der Waals surface area contributed by atoms with Gasteiger partial charge in [-0.15, -0.1) is 5.10 Å². The average Bonchev–Trinajstić information content (AvgIpc) is 2.49. The molecule has 2 heterocycles. The van der Waals surface area contributed by atoms with E-state index in [4.69, 9.17) is 5.73 Å². The number of benzene rings is 1. The predicted molar refractivity (Wildman–Crippen MR) is 77.3 cm³/mol. The van der Waals surface area contributed by atoms with E-state index in [1.54, 1.807) is 6.20 Å². The van der Waals surface area contributed by atoms with Crippen LogP contribution < -0.4 is 15.5 Å². The number of hydrogen-bond acceptors (Lipinski definition) is 5. The standard InChI is InChI=1S/C14H17N5/c15-12-3-5-13(6-4-12)18-8-10-19(11-9-18)14-2-1-7-16-17-14/h1-7H,8-11,15H2. The first kappa shape index (κ1) is 11.8. The lowest BCUT2D eigenvalue weighted by Crippen LogP contribution is -2.46. The molecule has 3 rings (SSSR count). The van der Waals surface area contributed by atoms with Crippen LogP contribution in [0.25, 0.3) is 0 Å². The van der Waals surface area contributed by atoms with E-state index >= 15 is 0 Å². The Bertz CT molecular complexity index is 517. The molecule has 0 amide bonds. The molecule has 0 atom stereocenters. The molecule has 5 nitrogen and oxygen atoms in total. The highest BCUT2D eigenvalue weighted by molar-refractivity contribution is 5.54. The van der Waals surface area contributed by atoms with Gasteiger partial charge in [0.2, 0.25) is 0 Å². The van der Waals surface area contributed by atoms with Crippen LogP contribution in [-0.4, -0.2) is 36.4 Å². The number of piperazine rings is 1. The third-order valence-corrected chi connectivity index (χ3v) is 3.42. The van der Waals surface area contributed by atoms with Crippen LogP contribution in [0, 0.1) is 0 Å². The van der Waals surface area contributed by atoms with Gasteiger partial charge in [0.05, 0.1) is 0 Å². The van der Waals surface area contributed by atoms with Gasteiger partial charge in [0.25, 0.3) is 0 Å². The molecular formula is C14H17N5. The molecule has 0 saturated carbocycles. The number of nitrogens with two attached hydrogens (primary N) is 1. The maximum absolute atomic E-state index is 5.71.